The molecule has 3 aromatic carbocycles. The van der Waals surface area contributed by atoms with E-state index in [2.05, 4.69) is 20.9 Å². The van der Waals surface area contributed by atoms with Crippen molar-refractivity contribution in [2.75, 3.05) is 0 Å². The van der Waals surface area contributed by atoms with Crippen LogP contribution in [0.25, 0.3) is 10.9 Å². The van der Waals surface area contributed by atoms with Crippen molar-refractivity contribution < 1.29 is 24.3 Å². The third-order valence-electron chi connectivity index (χ3n) is 7.51. The fourth-order valence-electron chi connectivity index (χ4n) is 5.07. The highest BCUT2D eigenvalue weighted by atomic mass is 16.4. The largest absolute Gasteiger partial charge is 0.480 e. The quantitative estimate of drug-likeness (QED) is 0.131. The Morgan fingerprint density at radius 3 is 1.84 bits per heavy atom. The molecule has 0 saturated heterocycles. The van der Waals surface area contributed by atoms with E-state index in [4.69, 9.17) is 5.73 Å². The summed E-state index contributed by atoms with van der Waals surface area (Å²) in [5.74, 6) is -3.30. The molecule has 4 unspecified atom stereocenters. The molecule has 0 saturated carbocycles. The first-order chi connectivity index (χ1) is 21.1. The topological polar surface area (TPSA) is 166 Å². The monoisotopic (exact) mass is 597 g/mol. The zero-order valence-corrected chi connectivity index (χ0v) is 24.8. The van der Waals surface area contributed by atoms with Gasteiger partial charge in [-0.25, -0.2) is 4.79 Å². The van der Waals surface area contributed by atoms with Crippen LogP contribution in [0.15, 0.2) is 91.1 Å². The molecule has 1 heterocycles. The number of H-pyrrole nitrogens is 1. The summed E-state index contributed by atoms with van der Waals surface area (Å²) in [6.45, 7) is 3.38. The minimum absolute atomic E-state index is 0.115. The minimum atomic E-state index is -1.17. The van der Waals surface area contributed by atoms with Gasteiger partial charge in [-0.2, -0.15) is 0 Å². The fourth-order valence-corrected chi connectivity index (χ4v) is 5.07. The highest BCUT2D eigenvalue weighted by molar-refractivity contribution is 5.95. The lowest BCUT2D eigenvalue weighted by molar-refractivity contribution is -0.143. The first-order valence-corrected chi connectivity index (χ1v) is 14.6. The summed E-state index contributed by atoms with van der Waals surface area (Å²) in [5.41, 5.74) is 9.58. The van der Waals surface area contributed by atoms with Gasteiger partial charge in [-0.05, 0) is 35.1 Å². The van der Waals surface area contributed by atoms with Gasteiger partial charge < -0.3 is 31.8 Å². The lowest BCUT2D eigenvalue weighted by Crippen LogP contribution is -2.58. The summed E-state index contributed by atoms with van der Waals surface area (Å²) in [5, 5.41) is 18.7. The second-order valence-electron chi connectivity index (χ2n) is 11.2. The van der Waals surface area contributed by atoms with E-state index in [0.717, 1.165) is 27.6 Å². The Labute approximate surface area is 256 Å². The summed E-state index contributed by atoms with van der Waals surface area (Å²) >= 11 is 0. The molecule has 230 valence electrons. The number of carbonyl (C=O) groups excluding carboxylic acids is 3. The summed E-state index contributed by atoms with van der Waals surface area (Å²) < 4.78 is 0. The number of fused-ring (bicyclic) bond motifs is 1. The standard InChI is InChI=1S/C34H39N5O5/c1-21(2)30(34(43)44)39-33(42)28(18-23-13-7-4-8-14-23)38-32(41)29(19-24-20-36-27-16-10-9-15-25(24)27)37-31(40)26(35)17-22-11-5-3-6-12-22/h3-16,20-21,26,28-30,36H,17-19,35H2,1-2H3,(H,37,40)(H,38,41)(H,39,42)(H,43,44). The number of carbonyl (C=O) groups is 4. The van der Waals surface area contributed by atoms with Crippen molar-refractivity contribution in [3.63, 3.8) is 0 Å². The van der Waals surface area contributed by atoms with Crippen molar-refractivity contribution in [3.8, 4) is 0 Å². The van der Waals surface area contributed by atoms with Crippen LogP contribution >= 0.6 is 0 Å². The molecule has 0 aliphatic carbocycles. The van der Waals surface area contributed by atoms with Crippen LogP contribution < -0.4 is 21.7 Å². The molecule has 4 atom stereocenters. The molecule has 4 rings (SSSR count). The third kappa shape index (κ3) is 8.54. The average molecular weight is 598 g/mol. The summed E-state index contributed by atoms with van der Waals surface area (Å²) in [4.78, 5) is 55.7. The summed E-state index contributed by atoms with van der Waals surface area (Å²) in [6.07, 6.45) is 2.31. The highest BCUT2D eigenvalue weighted by Crippen LogP contribution is 2.19. The Kier molecular flexibility index (Phi) is 10.9. The molecule has 3 amide bonds. The van der Waals surface area contributed by atoms with Gasteiger partial charge in [0.1, 0.15) is 18.1 Å². The number of para-hydroxylation sites is 1. The average Bonchev–Trinajstić information content (AvgIpc) is 3.42. The lowest BCUT2D eigenvalue weighted by Gasteiger charge is -2.26. The number of nitrogens with one attached hydrogen (secondary N) is 4. The predicted molar refractivity (Wildman–Crippen MR) is 169 cm³/mol. The Morgan fingerprint density at radius 1 is 0.705 bits per heavy atom. The van der Waals surface area contributed by atoms with Gasteiger partial charge in [0.25, 0.3) is 0 Å². The SMILES string of the molecule is CC(C)C(NC(=O)C(Cc1ccccc1)NC(=O)C(Cc1c[nH]c2ccccc12)NC(=O)C(N)Cc1ccccc1)C(=O)O. The zero-order chi connectivity index (χ0) is 31.6. The molecule has 0 aliphatic heterocycles. The molecule has 10 nitrogen and oxygen atoms in total. The van der Waals surface area contributed by atoms with Gasteiger partial charge >= 0.3 is 5.97 Å². The maximum absolute atomic E-state index is 13.9. The van der Waals surface area contributed by atoms with Crippen molar-refractivity contribution in [2.45, 2.75) is 57.3 Å². The van der Waals surface area contributed by atoms with Crippen molar-refractivity contribution in [3.05, 3.63) is 108 Å². The van der Waals surface area contributed by atoms with Gasteiger partial charge in [0, 0.05) is 29.9 Å². The zero-order valence-electron chi connectivity index (χ0n) is 24.8. The van der Waals surface area contributed by atoms with Crippen molar-refractivity contribution >= 4 is 34.6 Å². The first-order valence-electron chi connectivity index (χ1n) is 14.6. The molecule has 10 heteroatoms. The van der Waals surface area contributed by atoms with Gasteiger partial charge in [0.15, 0.2) is 0 Å². The minimum Gasteiger partial charge on any atom is -0.480 e. The Morgan fingerprint density at radius 2 is 1.23 bits per heavy atom. The molecule has 1 aromatic heterocycles. The molecular weight excluding hydrogens is 558 g/mol. The normalized spacial score (nSPS) is 13.9. The van der Waals surface area contributed by atoms with E-state index in [1.165, 1.54) is 0 Å². The number of benzene rings is 3. The molecule has 0 spiro atoms. The number of aromatic amines is 1. The summed E-state index contributed by atoms with van der Waals surface area (Å²) in [6, 6.07) is 21.8. The number of hydrogen-bond acceptors (Lipinski definition) is 5. The molecule has 0 aliphatic rings. The Bertz CT molecular complexity index is 1570. The highest BCUT2D eigenvalue weighted by Gasteiger charge is 2.32. The van der Waals surface area contributed by atoms with Crippen LogP contribution in [0.5, 0.6) is 0 Å². The van der Waals surface area contributed by atoms with E-state index in [9.17, 15) is 24.3 Å². The van der Waals surface area contributed by atoms with E-state index in [1.807, 2.05) is 84.9 Å². The number of nitrogens with two attached hydrogens (primary N) is 1. The number of rotatable bonds is 14. The van der Waals surface area contributed by atoms with Crippen LogP contribution in [-0.4, -0.2) is 57.9 Å². The van der Waals surface area contributed by atoms with Gasteiger partial charge in [-0.1, -0.05) is 92.7 Å². The van der Waals surface area contributed by atoms with Crippen LogP contribution in [0.4, 0.5) is 0 Å². The van der Waals surface area contributed by atoms with Crippen molar-refractivity contribution in [1.82, 2.24) is 20.9 Å². The van der Waals surface area contributed by atoms with Gasteiger partial charge in [-0.3, -0.25) is 14.4 Å². The van der Waals surface area contributed by atoms with Crippen molar-refractivity contribution in [2.24, 2.45) is 11.7 Å². The van der Waals surface area contributed by atoms with E-state index >= 15 is 0 Å². The van der Waals surface area contributed by atoms with Crippen LogP contribution in [0, 0.1) is 5.92 Å². The molecule has 0 radical (unpaired) electrons. The van der Waals surface area contributed by atoms with Crippen LogP contribution in [-0.2, 0) is 38.4 Å². The van der Waals surface area contributed by atoms with Gasteiger partial charge in [0.05, 0.1) is 6.04 Å². The molecule has 44 heavy (non-hydrogen) atoms. The maximum Gasteiger partial charge on any atom is 0.326 e. The van der Waals surface area contributed by atoms with E-state index in [1.54, 1.807) is 20.0 Å². The van der Waals surface area contributed by atoms with Gasteiger partial charge in [-0.15, -0.1) is 0 Å². The molecule has 4 aromatic rings. The van der Waals surface area contributed by atoms with Crippen molar-refractivity contribution in [1.29, 1.82) is 0 Å². The number of amides is 3. The number of carboxylic acid groups (broad SMARTS) is 1. The van der Waals surface area contributed by atoms with Crippen LogP contribution in [0.2, 0.25) is 0 Å². The number of aliphatic carboxylic acids is 1. The smallest absolute Gasteiger partial charge is 0.326 e. The number of hydrogen-bond donors (Lipinski definition) is 6. The second kappa shape index (κ2) is 15.0. The molecular formula is C34H39N5O5. The molecule has 0 fully saturated rings. The molecule has 7 N–H and O–H groups in total. The molecule has 0 bridgehead atoms. The van der Waals surface area contributed by atoms with E-state index in [0.29, 0.717) is 0 Å². The number of aromatic nitrogens is 1. The number of carboxylic acids is 1. The fraction of sp³-hybridized carbons (Fsp3) is 0.294. The Hall–Kier alpha value is -4.96. The van der Waals surface area contributed by atoms with Gasteiger partial charge in [0.2, 0.25) is 17.7 Å². The first kappa shape index (κ1) is 32.0. The van der Waals surface area contributed by atoms with E-state index < -0.39 is 47.9 Å². The third-order valence-corrected chi connectivity index (χ3v) is 7.51. The summed E-state index contributed by atoms with van der Waals surface area (Å²) in [7, 11) is 0. The lowest BCUT2D eigenvalue weighted by atomic mass is 10.00. The van der Waals surface area contributed by atoms with E-state index in [-0.39, 0.29) is 25.2 Å². The maximum atomic E-state index is 13.9. The predicted octanol–water partition coefficient (Wildman–Crippen LogP) is 2.72. The Balaban J connectivity index is 1.59. The second-order valence-corrected chi connectivity index (χ2v) is 11.2. The van der Waals surface area contributed by atoms with Crippen LogP contribution in [0.1, 0.15) is 30.5 Å². The van der Waals surface area contributed by atoms with Crippen LogP contribution in [0.3, 0.4) is 0 Å².